The van der Waals surface area contributed by atoms with Gasteiger partial charge in [0.1, 0.15) is 5.75 Å². The second-order valence-corrected chi connectivity index (χ2v) is 5.62. The summed E-state index contributed by atoms with van der Waals surface area (Å²) in [6.45, 7) is 4.08. The number of ether oxygens (including phenoxy) is 1. The van der Waals surface area contributed by atoms with Gasteiger partial charge in [-0.15, -0.1) is 0 Å². The lowest BCUT2D eigenvalue weighted by Crippen LogP contribution is -2.44. The number of hydrogen-bond donors (Lipinski definition) is 3. The molecule has 0 spiro atoms. The smallest absolute Gasteiger partial charge is 0.240 e. The molecule has 1 aliphatic carbocycles. The predicted molar refractivity (Wildman–Crippen MR) is 76.3 cm³/mol. The molecule has 1 aromatic carbocycles. The molecule has 1 atom stereocenters. The summed E-state index contributed by atoms with van der Waals surface area (Å²) in [4.78, 5) is 11.7. The van der Waals surface area contributed by atoms with Crippen molar-refractivity contribution in [2.24, 2.45) is 5.73 Å². The minimum Gasteiger partial charge on any atom is -0.491 e. The number of aliphatic hydroxyl groups excluding tert-OH is 1. The highest BCUT2D eigenvalue weighted by atomic mass is 16.5. The SMILES string of the molecule is CC(C)Oc1ccc(C(O)CNC(=O)C2(N)CC2)cc1. The van der Waals surface area contributed by atoms with Gasteiger partial charge in [0.2, 0.25) is 5.91 Å². The minimum atomic E-state index is -0.741. The molecule has 110 valence electrons. The summed E-state index contributed by atoms with van der Waals surface area (Å²) in [5, 5.41) is 12.7. The summed E-state index contributed by atoms with van der Waals surface area (Å²) in [6, 6.07) is 7.21. The summed E-state index contributed by atoms with van der Waals surface area (Å²) >= 11 is 0. The number of aliphatic hydroxyl groups is 1. The van der Waals surface area contributed by atoms with E-state index in [9.17, 15) is 9.90 Å². The zero-order chi connectivity index (χ0) is 14.8. The fourth-order valence-electron chi connectivity index (χ4n) is 1.89. The molecule has 4 N–H and O–H groups in total. The van der Waals surface area contributed by atoms with Crippen LogP contribution in [0.1, 0.15) is 38.4 Å². The van der Waals surface area contributed by atoms with E-state index in [1.165, 1.54) is 0 Å². The number of nitrogens with two attached hydrogens (primary N) is 1. The zero-order valence-electron chi connectivity index (χ0n) is 11.9. The number of rotatable bonds is 6. The molecule has 0 heterocycles. The summed E-state index contributed by atoms with van der Waals surface area (Å²) in [5.74, 6) is 0.579. The van der Waals surface area contributed by atoms with E-state index < -0.39 is 11.6 Å². The highest BCUT2D eigenvalue weighted by Crippen LogP contribution is 2.32. The van der Waals surface area contributed by atoms with Gasteiger partial charge < -0.3 is 20.9 Å². The first-order valence-electron chi connectivity index (χ1n) is 6.92. The van der Waals surface area contributed by atoms with Crippen LogP contribution in [0.4, 0.5) is 0 Å². The maximum absolute atomic E-state index is 11.7. The molecule has 1 unspecified atom stereocenters. The molecule has 20 heavy (non-hydrogen) atoms. The van der Waals surface area contributed by atoms with Crippen LogP contribution in [0.5, 0.6) is 5.75 Å². The van der Waals surface area contributed by atoms with Gasteiger partial charge in [-0.05, 0) is 44.4 Å². The van der Waals surface area contributed by atoms with Crippen LogP contribution in [0.25, 0.3) is 0 Å². The van der Waals surface area contributed by atoms with Crippen molar-refractivity contribution < 1.29 is 14.6 Å². The molecular formula is C15H22N2O3. The first-order valence-corrected chi connectivity index (χ1v) is 6.92. The van der Waals surface area contributed by atoms with Crippen LogP contribution in [0.3, 0.4) is 0 Å². The lowest BCUT2D eigenvalue weighted by Gasteiger charge is -2.15. The van der Waals surface area contributed by atoms with Crippen LogP contribution in [-0.4, -0.2) is 29.2 Å². The summed E-state index contributed by atoms with van der Waals surface area (Å²) in [5.41, 5.74) is 5.81. The molecule has 5 heteroatoms. The Morgan fingerprint density at radius 3 is 2.50 bits per heavy atom. The van der Waals surface area contributed by atoms with Crippen LogP contribution >= 0.6 is 0 Å². The van der Waals surface area contributed by atoms with Gasteiger partial charge in [0.05, 0.1) is 17.7 Å². The van der Waals surface area contributed by atoms with E-state index in [4.69, 9.17) is 10.5 Å². The maximum atomic E-state index is 11.7. The van der Waals surface area contributed by atoms with Gasteiger partial charge in [0.25, 0.3) is 0 Å². The van der Waals surface area contributed by atoms with Crippen molar-refractivity contribution in [2.75, 3.05) is 6.54 Å². The summed E-state index contributed by atoms with van der Waals surface area (Å²) in [7, 11) is 0. The Labute approximate surface area is 119 Å². The minimum absolute atomic E-state index is 0.115. The number of benzene rings is 1. The zero-order valence-corrected chi connectivity index (χ0v) is 11.9. The maximum Gasteiger partial charge on any atom is 0.240 e. The molecule has 1 amide bonds. The van der Waals surface area contributed by atoms with Gasteiger partial charge in [-0.2, -0.15) is 0 Å². The monoisotopic (exact) mass is 278 g/mol. The molecule has 0 aromatic heterocycles. The largest absolute Gasteiger partial charge is 0.491 e. The molecule has 1 aromatic rings. The average Bonchev–Trinajstić information content (AvgIpc) is 3.15. The molecule has 0 radical (unpaired) electrons. The lowest BCUT2D eigenvalue weighted by atomic mass is 10.1. The summed E-state index contributed by atoms with van der Waals surface area (Å²) < 4.78 is 5.53. The first-order chi connectivity index (χ1) is 9.40. The van der Waals surface area contributed by atoms with Gasteiger partial charge in [0.15, 0.2) is 0 Å². The average molecular weight is 278 g/mol. The van der Waals surface area contributed by atoms with E-state index >= 15 is 0 Å². The van der Waals surface area contributed by atoms with Gasteiger partial charge in [-0.25, -0.2) is 0 Å². The molecule has 0 saturated heterocycles. The fraction of sp³-hybridized carbons (Fsp3) is 0.533. The van der Waals surface area contributed by atoms with Crippen molar-refractivity contribution in [2.45, 2.75) is 44.4 Å². The van der Waals surface area contributed by atoms with E-state index in [2.05, 4.69) is 5.32 Å². The van der Waals surface area contributed by atoms with E-state index in [0.717, 1.165) is 24.2 Å². The molecule has 0 bridgehead atoms. The number of carbonyl (C=O) groups excluding carboxylic acids is 1. The predicted octanol–water partition coefficient (Wildman–Crippen LogP) is 1.11. The third kappa shape index (κ3) is 3.71. The number of nitrogens with one attached hydrogen (secondary N) is 1. The van der Waals surface area contributed by atoms with E-state index in [-0.39, 0.29) is 18.6 Å². The van der Waals surface area contributed by atoms with Gasteiger partial charge in [-0.3, -0.25) is 4.79 Å². The number of hydrogen-bond acceptors (Lipinski definition) is 4. The molecule has 5 nitrogen and oxygen atoms in total. The second kappa shape index (κ2) is 5.81. The number of amides is 1. The van der Waals surface area contributed by atoms with Gasteiger partial charge in [0, 0.05) is 6.54 Å². The molecule has 1 aliphatic rings. The Bertz CT molecular complexity index is 467. The Hall–Kier alpha value is -1.59. The van der Waals surface area contributed by atoms with Crippen molar-refractivity contribution in [3.05, 3.63) is 29.8 Å². The molecule has 2 rings (SSSR count). The molecule has 1 saturated carbocycles. The fourth-order valence-corrected chi connectivity index (χ4v) is 1.89. The summed E-state index contributed by atoms with van der Waals surface area (Å²) in [6.07, 6.45) is 0.811. The van der Waals surface area contributed by atoms with E-state index in [1.54, 1.807) is 12.1 Å². The Morgan fingerprint density at radius 2 is 2.00 bits per heavy atom. The number of carbonyl (C=O) groups is 1. The highest BCUT2D eigenvalue weighted by molar-refractivity contribution is 5.88. The van der Waals surface area contributed by atoms with Crippen molar-refractivity contribution in [1.82, 2.24) is 5.32 Å². The lowest BCUT2D eigenvalue weighted by molar-refractivity contribution is -0.123. The highest BCUT2D eigenvalue weighted by Gasteiger charge is 2.45. The van der Waals surface area contributed by atoms with Crippen LogP contribution in [0, 0.1) is 0 Å². The van der Waals surface area contributed by atoms with Crippen molar-refractivity contribution >= 4 is 5.91 Å². The molecule has 1 fully saturated rings. The quantitative estimate of drug-likeness (QED) is 0.728. The van der Waals surface area contributed by atoms with Crippen molar-refractivity contribution in [3.63, 3.8) is 0 Å². The van der Waals surface area contributed by atoms with Crippen LogP contribution in [-0.2, 0) is 4.79 Å². The third-order valence-corrected chi connectivity index (χ3v) is 3.33. The molecule has 0 aliphatic heterocycles. The second-order valence-electron chi connectivity index (χ2n) is 5.62. The Morgan fingerprint density at radius 1 is 1.40 bits per heavy atom. The Kier molecular flexibility index (Phi) is 4.30. The van der Waals surface area contributed by atoms with Gasteiger partial charge >= 0.3 is 0 Å². The van der Waals surface area contributed by atoms with Crippen LogP contribution in [0.2, 0.25) is 0 Å². The molecular weight excluding hydrogens is 256 g/mol. The van der Waals surface area contributed by atoms with E-state index in [1.807, 2.05) is 26.0 Å². The Balaban J connectivity index is 1.85. The van der Waals surface area contributed by atoms with Crippen molar-refractivity contribution in [3.8, 4) is 5.75 Å². The first kappa shape index (κ1) is 14.8. The van der Waals surface area contributed by atoms with Crippen LogP contribution in [0.15, 0.2) is 24.3 Å². The third-order valence-electron chi connectivity index (χ3n) is 3.33. The van der Waals surface area contributed by atoms with Crippen LogP contribution < -0.4 is 15.8 Å². The van der Waals surface area contributed by atoms with Gasteiger partial charge in [-0.1, -0.05) is 12.1 Å². The normalized spacial score (nSPS) is 17.6. The standard InChI is InChI=1S/C15H22N2O3/c1-10(2)20-12-5-3-11(4-6-12)13(18)9-17-14(19)15(16)7-8-15/h3-6,10,13,18H,7-9,16H2,1-2H3,(H,17,19). The topological polar surface area (TPSA) is 84.6 Å². The van der Waals surface area contributed by atoms with E-state index in [0.29, 0.717) is 0 Å². The van der Waals surface area contributed by atoms with Crippen molar-refractivity contribution in [1.29, 1.82) is 0 Å².